The second-order valence-electron chi connectivity index (χ2n) is 5.73. The normalized spacial score (nSPS) is 23.1. The Balaban J connectivity index is 2.02. The van der Waals surface area contributed by atoms with Crippen LogP contribution in [-0.2, 0) is 30.2 Å². The molecule has 1 saturated heterocycles. The lowest BCUT2D eigenvalue weighted by Gasteiger charge is -2.23. The number of rotatable bonds is 6. The first-order chi connectivity index (χ1) is 9.75. The molecule has 1 aliphatic rings. The summed E-state index contributed by atoms with van der Waals surface area (Å²) in [5.74, 6) is -0.698. The molecule has 1 aromatic rings. The van der Waals surface area contributed by atoms with Gasteiger partial charge in [-0.2, -0.15) is 8.42 Å². The van der Waals surface area contributed by atoms with Gasteiger partial charge in [-0.25, -0.2) is 0 Å². The highest BCUT2D eigenvalue weighted by Crippen LogP contribution is 2.27. The van der Waals surface area contributed by atoms with E-state index in [4.69, 9.17) is 13.7 Å². The zero-order valence-electron chi connectivity index (χ0n) is 12.6. The number of ether oxygens (including phenoxy) is 2. The van der Waals surface area contributed by atoms with Crippen LogP contribution in [0.25, 0.3) is 0 Å². The molecule has 1 heterocycles. The average Bonchev–Trinajstić information content (AvgIpc) is 2.75. The van der Waals surface area contributed by atoms with E-state index in [0.29, 0.717) is 13.0 Å². The van der Waals surface area contributed by atoms with Crippen molar-refractivity contribution in [2.45, 2.75) is 44.7 Å². The maximum atomic E-state index is 11.5. The van der Waals surface area contributed by atoms with Gasteiger partial charge in [0, 0.05) is 0 Å². The molecule has 6 heteroatoms. The summed E-state index contributed by atoms with van der Waals surface area (Å²) in [5.41, 5.74) is 1.14. The van der Waals surface area contributed by atoms with Crippen molar-refractivity contribution in [3.05, 3.63) is 35.9 Å². The fourth-order valence-electron chi connectivity index (χ4n) is 2.37. The van der Waals surface area contributed by atoms with Crippen molar-refractivity contribution in [2.75, 3.05) is 12.9 Å². The van der Waals surface area contributed by atoms with Gasteiger partial charge in [-0.15, -0.1) is 0 Å². The topological polar surface area (TPSA) is 61.8 Å². The molecule has 1 aromatic carbocycles. The second kappa shape index (κ2) is 6.44. The van der Waals surface area contributed by atoms with Gasteiger partial charge in [-0.3, -0.25) is 4.18 Å². The van der Waals surface area contributed by atoms with E-state index >= 15 is 0 Å². The lowest BCUT2D eigenvalue weighted by molar-refractivity contribution is -0.148. The minimum absolute atomic E-state index is 0.335. The van der Waals surface area contributed by atoms with Gasteiger partial charge in [0.25, 0.3) is 10.1 Å². The smallest absolute Gasteiger partial charge is 0.264 e. The van der Waals surface area contributed by atoms with Crippen molar-refractivity contribution in [3.63, 3.8) is 0 Å². The summed E-state index contributed by atoms with van der Waals surface area (Å²) >= 11 is 0. The van der Waals surface area contributed by atoms with Gasteiger partial charge in [0.15, 0.2) is 5.79 Å². The van der Waals surface area contributed by atoms with Crippen LogP contribution in [0.4, 0.5) is 0 Å². The molecule has 21 heavy (non-hydrogen) atoms. The first-order valence-electron chi connectivity index (χ1n) is 6.99. The third kappa shape index (κ3) is 5.39. The molecule has 0 radical (unpaired) electrons. The van der Waals surface area contributed by atoms with Gasteiger partial charge in [-0.05, 0) is 32.3 Å². The average molecular weight is 314 g/mol. The molecule has 1 aliphatic heterocycles. The lowest BCUT2D eigenvalue weighted by Crippen LogP contribution is -2.35. The SMILES string of the molecule is CC1(C)OC[C@@H]([C@H](CCc2ccccc2)OS(C)(=O)=O)O1. The molecule has 0 amide bonds. The second-order valence-corrected chi connectivity index (χ2v) is 7.33. The summed E-state index contributed by atoms with van der Waals surface area (Å²) < 4.78 is 39.3. The summed E-state index contributed by atoms with van der Waals surface area (Å²) in [6.45, 7) is 3.95. The lowest BCUT2D eigenvalue weighted by atomic mass is 10.0. The molecular weight excluding hydrogens is 292 g/mol. The Bertz CT molecular complexity index is 553. The van der Waals surface area contributed by atoms with Crippen molar-refractivity contribution in [2.24, 2.45) is 0 Å². The fourth-order valence-corrected chi connectivity index (χ4v) is 3.04. The third-order valence-electron chi connectivity index (χ3n) is 3.30. The molecule has 0 saturated carbocycles. The van der Waals surface area contributed by atoms with E-state index in [2.05, 4.69) is 0 Å². The van der Waals surface area contributed by atoms with Crippen LogP contribution in [-0.4, -0.2) is 39.3 Å². The Labute approximate surface area is 126 Å². The van der Waals surface area contributed by atoms with E-state index < -0.39 is 22.0 Å². The van der Waals surface area contributed by atoms with Crippen LogP contribution >= 0.6 is 0 Å². The van der Waals surface area contributed by atoms with E-state index in [9.17, 15) is 8.42 Å². The van der Waals surface area contributed by atoms with E-state index in [-0.39, 0.29) is 6.10 Å². The minimum Gasteiger partial charge on any atom is -0.348 e. The Kier molecular flexibility index (Phi) is 5.03. The van der Waals surface area contributed by atoms with E-state index in [1.165, 1.54) is 0 Å². The molecule has 0 spiro atoms. The standard InChI is InChI=1S/C15H22O5S/c1-15(2)18-11-14(19-15)13(20-21(3,16)17)10-9-12-7-5-4-6-8-12/h4-8,13-14H,9-11H2,1-3H3/t13-,14-/m0/s1. The number of aryl methyl sites for hydroxylation is 1. The van der Waals surface area contributed by atoms with Crippen LogP contribution < -0.4 is 0 Å². The molecule has 0 N–H and O–H groups in total. The summed E-state index contributed by atoms with van der Waals surface area (Å²) in [6, 6.07) is 9.88. The minimum atomic E-state index is -3.54. The predicted octanol–water partition coefficient (Wildman–Crippen LogP) is 2.12. The summed E-state index contributed by atoms with van der Waals surface area (Å²) in [4.78, 5) is 0. The van der Waals surface area contributed by atoms with Gasteiger partial charge < -0.3 is 9.47 Å². The van der Waals surface area contributed by atoms with Crippen molar-refractivity contribution >= 4 is 10.1 Å². The quantitative estimate of drug-likeness (QED) is 0.753. The van der Waals surface area contributed by atoms with Gasteiger partial charge >= 0.3 is 0 Å². The molecule has 0 aliphatic carbocycles. The summed E-state index contributed by atoms with van der Waals surface area (Å²) in [6.07, 6.45) is 1.42. The molecule has 118 valence electrons. The van der Waals surface area contributed by atoms with Crippen molar-refractivity contribution in [3.8, 4) is 0 Å². The molecule has 0 aromatic heterocycles. The summed E-state index contributed by atoms with van der Waals surface area (Å²) in [7, 11) is -3.54. The van der Waals surface area contributed by atoms with Crippen LogP contribution in [0.15, 0.2) is 30.3 Å². The Morgan fingerprint density at radius 3 is 2.52 bits per heavy atom. The first-order valence-corrected chi connectivity index (χ1v) is 8.81. The highest BCUT2D eigenvalue weighted by molar-refractivity contribution is 7.86. The van der Waals surface area contributed by atoms with Crippen LogP contribution in [0.5, 0.6) is 0 Å². The summed E-state index contributed by atoms with van der Waals surface area (Å²) in [5, 5.41) is 0. The van der Waals surface area contributed by atoms with Crippen LogP contribution in [0.3, 0.4) is 0 Å². The van der Waals surface area contributed by atoms with E-state index in [1.807, 2.05) is 44.2 Å². The fraction of sp³-hybridized carbons (Fsp3) is 0.600. The molecule has 2 atom stereocenters. The van der Waals surface area contributed by atoms with Gasteiger partial charge in [0.1, 0.15) is 12.2 Å². The molecular formula is C15H22O5S. The molecule has 2 rings (SSSR count). The third-order valence-corrected chi connectivity index (χ3v) is 3.90. The van der Waals surface area contributed by atoms with Crippen LogP contribution in [0.2, 0.25) is 0 Å². The van der Waals surface area contributed by atoms with Crippen molar-refractivity contribution in [1.29, 1.82) is 0 Å². The van der Waals surface area contributed by atoms with Crippen LogP contribution in [0.1, 0.15) is 25.8 Å². The molecule has 0 bridgehead atoms. The number of hydrogen-bond donors (Lipinski definition) is 0. The molecule has 5 nitrogen and oxygen atoms in total. The van der Waals surface area contributed by atoms with E-state index in [0.717, 1.165) is 18.2 Å². The van der Waals surface area contributed by atoms with Crippen LogP contribution in [0, 0.1) is 0 Å². The van der Waals surface area contributed by atoms with Crippen molar-refractivity contribution in [1.82, 2.24) is 0 Å². The van der Waals surface area contributed by atoms with Gasteiger partial charge in [0.05, 0.1) is 12.9 Å². The monoisotopic (exact) mass is 314 g/mol. The maximum absolute atomic E-state index is 11.5. The maximum Gasteiger partial charge on any atom is 0.264 e. The zero-order valence-corrected chi connectivity index (χ0v) is 13.4. The number of benzene rings is 1. The van der Waals surface area contributed by atoms with Crippen molar-refractivity contribution < 1.29 is 22.1 Å². The van der Waals surface area contributed by atoms with Gasteiger partial charge in [-0.1, -0.05) is 30.3 Å². The van der Waals surface area contributed by atoms with E-state index in [1.54, 1.807) is 0 Å². The molecule has 0 unspecified atom stereocenters. The largest absolute Gasteiger partial charge is 0.348 e. The first kappa shape index (κ1) is 16.4. The number of hydrogen-bond acceptors (Lipinski definition) is 5. The Morgan fingerprint density at radius 1 is 1.33 bits per heavy atom. The molecule has 1 fully saturated rings. The Morgan fingerprint density at radius 2 is 2.00 bits per heavy atom. The highest BCUT2D eigenvalue weighted by atomic mass is 32.2. The Hall–Kier alpha value is -0.950. The van der Waals surface area contributed by atoms with Gasteiger partial charge in [0.2, 0.25) is 0 Å². The predicted molar refractivity (Wildman–Crippen MR) is 79.4 cm³/mol. The highest BCUT2D eigenvalue weighted by Gasteiger charge is 2.39. The zero-order chi connectivity index (χ0) is 15.5.